The Kier molecular flexibility index (Phi) is 6.85. The minimum atomic E-state index is -3.85. The van der Waals surface area contributed by atoms with E-state index in [1.54, 1.807) is 11.0 Å². The lowest BCUT2D eigenvalue weighted by Gasteiger charge is -2.34. The lowest BCUT2D eigenvalue weighted by molar-refractivity contribution is -0.134. The highest BCUT2D eigenvalue weighted by molar-refractivity contribution is 7.89. The van der Waals surface area contributed by atoms with E-state index in [1.165, 1.54) is 16.4 Å². The van der Waals surface area contributed by atoms with Gasteiger partial charge in [-0.25, -0.2) is 8.42 Å². The van der Waals surface area contributed by atoms with Crippen LogP contribution in [0.25, 0.3) is 0 Å². The van der Waals surface area contributed by atoms with Crippen LogP contribution < -0.4 is 5.32 Å². The van der Waals surface area contributed by atoms with Crippen LogP contribution in [0.4, 0.5) is 0 Å². The number of halogens is 2. The van der Waals surface area contributed by atoms with Crippen molar-refractivity contribution in [2.24, 2.45) is 5.92 Å². The Bertz CT molecular complexity index is 828. The number of piperazine rings is 1. The highest BCUT2D eigenvalue weighted by atomic mass is 35.5. The van der Waals surface area contributed by atoms with Gasteiger partial charge in [-0.05, 0) is 25.0 Å². The average molecular weight is 448 g/mol. The van der Waals surface area contributed by atoms with Crippen molar-refractivity contribution < 1.29 is 18.0 Å². The molecule has 2 aliphatic rings. The molecule has 1 saturated carbocycles. The normalized spacial score (nSPS) is 19.0. The molecule has 2 fully saturated rings. The van der Waals surface area contributed by atoms with Crippen molar-refractivity contribution >= 4 is 45.0 Å². The fourth-order valence-corrected chi connectivity index (χ4v) is 6.16. The van der Waals surface area contributed by atoms with Crippen LogP contribution in [0.15, 0.2) is 23.1 Å². The quantitative estimate of drug-likeness (QED) is 0.748. The molecular formula is C18H23Cl2N3O4S. The summed E-state index contributed by atoms with van der Waals surface area (Å²) in [5.41, 5.74) is 0. The number of nitrogens with zero attached hydrogens (tertiary/aromatic N) is 2. The van der Waals surface area contributed by atoms with Crippen LogP contribution in [0, 0.1) is 5.92 Å². The van der Waals surface area contributed by atoms with E-state index in [2.05, 4.69) is 5.32 Å². The Labute approximate surface area is 175 Å². The van der Waals surface area contributed by atoms with Crippen LogP contribution in [0.1, 0.15) is 25.7 Å². The Morgan fingerprint density at radius 3 is 2.18 bits per heavy atom. The maximum Gasteiger partial charge on any atom is 0.246 e. The zero-order valence-corrected chi connectivity index (χ0v) is 17.7. The Morgan fingerprint density at radius 1 is 1.04 bits per heavy atom. The first kappa shape index (κ1) is 21.4. The number of hydrogen-bond acceptors (Lipinski definition) is 4. The van der Waals surface area contributed by atoms with E-state index in [4.69, 9.17) is 23.2 Å². The summed E-state index contributed by atoms with van der Waals surface area (Å²) >= 11 is 12.1. The summed E-state index contributed by atoms with van der Waals surface area (Å²) in [5, 5.41) is 2.85. The molecule has 3 rings (SSSR count). The van der Waals surface area contributed by atoms with Gasteiger partial charge in [0.1, 0.15) is 4.90 Å². The molecule has 2 amide bonds. The molecule has 0 unspecified atom stereocenters. The summed E-state index contributed by atoms with van der Waals surface area (Å²) in [4.78, 5) is 25.9. The Balaban J connectivity index is 1.55. The van der Waals surface area contributed by atoms with Gasteiger partial charge < -0.3 is 10.2 Å². The van der Waals surface area contributed by atoms with Crippen molar-refractivity contribution in [3.63, 3.8) is 0 Å². The van der Waals surface area contributed by atoms with E-state index in [0.717, 1.165) is 25.7 Å². The third-order valence-corrected chi connectivity index (χ3v) is 8.10. The Morgan fingerprint density at radius 2 is 1.61 bits per heavy atom. The second-order valence-corrected chi connectivity index (χ2v) is 9.72. The molecule has 0 bridgehead atoms. The van der Waals surface area contributed by atoms with Crippen LogP contribution in [0.5, 0.6) is 0 Å². The molecule has 1 aromatic rings. The van der Waals surface area contributed by atoms with Crippen LogP contribution >= 0.6 is 23.2 Å². The summed E-state index contributed by atoms with van der Waals surface area (Å²) in [5.74, 6) is -0.269. The van der Waals surface area contributed by atoms with Crippen molar-refractivity contribution in [3.05, 3.63) is 28.2 Å². The Hall–Kier alpha value is -1.35. The standard InChI is InChI=1S/C18H23Cl2N3O4S/c19-14-6-3-7-15(20)17(14)28(26,27)23-10-8-22(9-11-23)16(24)12-21-18(25)13-4-1-2-5-13/h3,6-7,13H,1-2,4-5,8-12H2,(H,21,25). The molecule has 1 aromatic carbocycles. The molecule has 7 nitrogen and oxygen atoms in total. The third kappa shape index (κ3) is 4.62. The van der Waals surface area contributed by atoms with Gasteiger partial charge in [0.25, 0.3) is 0 Å². The van der Waals surface area contributed by atoms with Crippen molar-refractivity contribution in [3.8, 4) is 0 Å². The minimum absolute atomic E-state index is 0.00941. The van der Waals surface area contributed by atoms with E-state index in [0.29, 0.717) is 0 Å². The molecule has 28 heavy (non-hydrogen) atoms. The van der Waals surface area contributed by atoms with Crippen molar-refractivity contribution in [1.82, 2.24) is 14.5 Å². The van der Waals surface area contributed by atoms with Gasteiger partial charge in [-0.3, -0.25) is 9.59 Å². The average Bonchev–Trinajstić information content (AvgIpc) is 3.20. The number of amides is 2. The number of carbonyl (C=O) groups excluding carboxylic acids is 2. The van der Waals surface area contributed by atoms with E-state index < -0.39 is 10.0 Å². The monoisotopic (exact) mass is 447 g/mol. The summed E-state index contributed by atoms with van der Waals surface area (Å²) < 4.78 is 27.0. The van der Waals surface area contributed by atoms with Gasteiger partial charge in [-0.15, -0.1) is 0 Å². The lowest BCUT2D eigenvalue weighted by atomic mass is 10.1. The predicted octanol–water partition coefficient (Wildman–Crippen LogP) is 2.13. The number of carbonyl (C=O) groups is 2. The third-order valence-electron chi connectivity index (χ3n) is 5.25. The van der Waals surface area contributed by atoms with Crippen molar-refractivity contribution in [2.45, 2.75) is 30.6 Å². The van der Waals surface area contributed by atoms with Crippen molar-refractivity contribution in [1.29, 1.82) is 0 Å². The van der Waals surface area contributed by atoms with Gasteiger partial charge >= 0.3 is 0 Å². The molecule has 1 aliphatic heterocycles. The molecular weight excluding hydrogens is 425 g/mol. The molecule has 0 aromatic heterocycles. The first-order valence-corrected chi connectivity index (χ1v) is 11.5. The number of benzene rings is 1. The maximum absolute atomic E-state index is 12.9. The SMILES string of the molecule is O=C(NCC(=O)N1CCN(S(=O)(=O)c2c(Cl)cccc2Cl)CC1)C1CCCC1. The zero-order chi connectivity index (χ0) is 20.3. The largest absolute Gasteiger partial charge is 0.347 e. The molecule has 1 N–H and O–H groups in total. The molecule has 154 valence electrons. The van der Waals surface area contributed by atoms with Crippen molar-refractivity contribution in [2.75, 3.05) is 32.7 Å². The van der Waals surface area contributed by atoms with Gasteiger partial charge in [0, 0.05) is 32.1 Å². The number of nitrogens with one attached hydrogen (secondary N) is 1. The first-order chi connectivity index (χ1) is 13.3. The summed E-state index contributed by atoms with van der Waals surface area (Å²) in [6, 6.07) is 4.54. The van der Waals surface area contributed by atoms with Crippen LogP contribution in [0.3, 0.4) is 0 Å². The highest BCUT2D eigenvalue weighted by Gasteiger charge is 2.33. The van der Waals surface area contributed by atoms with Gasteiger partial charge in [-0.1, -0.05) is 42.1 Å². The smallest absolute Gasteiger partial charge is 0.246 e. The predicted molar refractivity (Wildman–Crippen MR) is 107 cm³/mol. The number of hydrogen-bond donors (Lipinski definition) is 1. The second-order valence-electron chi connectivity index (χ2n) is 7.03. The molecule has 0 radical (unpaired) electrons. The van der Waals surface area contributed by atoms with Gasteiger partial charge in [0.2, 0.25) is 21.8 Å². The molecule has 1 heterocycles. The minimum Gasteiger partial charge on any atom is -0.347 e. The first-order valence-electron chi connectivity index (χ1n) is 9.30. The highest BCUT2D eigenvalue weighted by Crippen LogP contribution is 2.31. The number of rotatable bonds is 5. The van der Waals surface area contributed by atoms with Crippen LogP contribution in [0.2, 0.25) is 10.0 Å². The zero-order valence-electron chi connectivity index (χ0n) is 15.4. The second kappa shape index (κ2) is 8.98. The molecule has 1 saturated heterocycles. The van der Waals surface area contributed by atoms with Crippen LogP contribution in [-0.4, -0.2) is 62.2 Å². The summed E-state index contributed by atoms with van der Waals surface area (Å²) in [6.07, 6.45) is 3.86. The molecule has 0 atom stereocenters. The van der Waals surface area contributed by atoms with Crippen LogP contribution in [-0.2, 0) is 19.6 Å². The fraction of sp³-hybridized carbons (Fsp3) is 0.556. The van der Waals surface area contributed by atoms with Gasteiger partial charge in [0.15, 0.2) is 0 Å². The van der Waals surface area contributed by atoms with E-state index in [9.17, 15) is 18.0 Å². The number of sulfonamides is 1. The topological polar surface area (TPSA) is 86.8 Å². The summed E-state index contributed by atoms with van der Waals surface area (Å²) in [6.45, 7) is 0.732. The van der Waals surface area contributed by atoms with Gasteiger partial charge in [0.05, 0.1) is 16.6 Å². The summed E-state index contributed by atoms with van der Waals surface area (Å²) in [7, 11) is -3.85. The molecule has 1 aliphatic carbocycles. The van der Waals surface area contributed by atoms with E-state index in [-0.39, 0.29) is 65.4 Å². The fourth-order valence-electron chi connectivity index (χ4n) is 3.64. The van der Waals surface area contributed by atoms with E-state index >= 15 is 0 Å². The molecule has 10 heteroatoms. The van der Waals surface area contributed by atoms with E-state index in [1.807, 2.05) is 0 Å². The maximum atomic E-state index is 12.9. The molecule has 0 spiro atoms. The van der Waals surface area contributed by atoms with Gasteiger partial charge in [-0.2, -0.15) is 4.31 Å². The lowest BCUT2D eigenvalue weighted by Crippen LogP contribution is -2.52.